The first-order valence-corrected chi connectivity index (χ1v) is 9.82. The van der Waals surface area contributed by atoms with Crippen molar-refractivity contribution < 1.29 is 9.47 Å². The van der Waals surface area contributed by atoms with Crippen LogP contribution < -0.4 is 9.47 Å². The van der Waals surface area contributed by atoms with E-state index in [0.717, 1.165) is 33.0 Å². The van der Waals surface area contributed by atoms with Crippen LogP contribution in [-0.4, -0.2) is 24.4 Å². The van der Waals surface area contributed by atoms with Crippen LogP contribution >= 0.6 is 23.5 Å². The highest BCUT2D eigenvalue weighted by Gasteiger charge is 2.15. The molecule has 0 aromatic heterocycles. The van der Waals surface area contributed by atoms with Crippen molar-refractivity contribution in [1.82, 2.24) is 0 Å². The molecular weight excluding hydrogens is 312 g/mol. The van der Waals surface area contributed by atoms with Gasteiger partial charge in [-0.1, -0.05) is 48.5 Å². The minimum atomic E-state index is 0.638. The first-order chi connectivity index (χ1) is 10.9. The van der Waals surface area contributed by atoms with Crippen LogP contribution in [0.2, 0.25) is 0 Å². The van der Waals surface area contributed by atoms with Crippen molar-refractivity contribution in [3.63, 3.8) is 0 Å². The van der Waals surface area contributed by atoms with Crippen molar-refractivity contribution in [1.29, 1.82) is 0 Å². The van der Waals surface area contributed by atoms with Crippen molar-refractivity contribution in [3.8, 4) is 11.5 Å². The third-order valence-corrected chi connectivity index (χ3v) is 4.18. The molecule has 3 aromatic rings. The van der Waals surface area contributed by atoms with E-state index >= 15 is 0 Å². The van der Waals surface area contributed by atoms with Crippen LogP contribution in [0.3, 0.4) is 0 Å². The smallest absolute Gasteiger partial charge is 0.136 e. The summed E-state index contributed by atoms with van der Waals surface area (Å²) >= 11 is 3.35. The minimum Gasteiger partial charge on any atom is -0.482 e. The molecule has 0 aliphatic heterocycles. The quantitative estimate of drug-likeness (QED) is 0.445. The summed E-state index contributed by atoms with van der Waals surface area (Å²) in [5, 5.41) is 4.41. The molecule has 0 saturated heterocycles. The van der Waals surface area contributed by atoms with Crippen molar-refractivity contribution in [2.24, 2.45) is 0 Å². The lowest BCUT2D eigenvalue weighted by Crippen LogP contribution is -1.98. The van der Waals surface area contributed by atoms with E-state index in [1.54, 1.807) is 23.5 Å². The van der Waals surface area contributed by atoms with Gasteiger partial charge in [0.25, 0.3) is 0 Å². The fourth-order valence-corrected chi connectivity index (χ4v) is 3.07. The Morgan fingerprint density at radius 2 is 0.955 bits per heavy atom. The normalized spacial score (nSPS) is 11.0. The predicted molar refractivity (Wildman–Crippen MR) is 99.5 cm³/mol. The molecule has 2 nitrogen and oxygen atoms in total. The van der Waals surface area contributed by atoms with E-state index in [1.165, 1.54) is 0 Å². The average Bonchev–Trinajstić information content (AvgIpc) is 2.58. The van der Waals surface area contributed by atoms with Crippen LogP contribution in [0.4, 0.5) is 0 Å². The maximum Gasteiger partial charge on any atom is 0.136 e. The summed E-state index contributed by atoms with van der Waals surface area (Å²) in [5.41, 5.74) is 0. The second-order valence-electron chi connectivity index (χ2n) is 4.85. The maximum atomic E-state index is 6.04. The fraction of sp³-hybridized carbons (Fsp3) is 0.222. The Morgan fingerprint density at radius 1 is 0.636 bits per heavy atom. The van der Waals surface area contributed by atoms with Gasteiger partial charge in [-0.05, 0) is 12.5 Å². The topological polar surface area (TPSA) is 18.5 Å². The Balaban J connectivity index is 2.32. The first-order valence-electron chi connectivity index (χ1n) is 7.03. The second-order valence-corrected chi connectivity index (χ2v) is 6.48. The first kappa shape index (κ1) is 15.4. The third kappa shape index (κ3) is 2.85. The Bertz CT molecular complexity index is 663. The highest BCUT2D eigenvalue weighted by molar-refractivity contribution is 7.98. The molecule has 3 rings (SSSR count). The number of hydrogen-bond acceptors (Lipinski definition) is 4. The van der Waals surface area contributed by atoms with Gasteiger partial charge < -0.3 is 9.47 Å². The summed E-state index contributed by atoms with van der Waals surface area (Å²) < 4.78 is 12.1. The van der Waals surface area contributed by atoms with Crippen LogP contribution in [0.15, 0.2) is 48.5 Å². The second kappa shape index (κ2) is 7.16. The van der Waals surface area contributed by atoms with Gasteiger partial charge in [-0.3, -0.25) is 0 Å². The largest absolute Gasteiger partial charge is 0.482 e. The zero-order valence-electron chi connectivity index (χ0n) is 12.7. The van der Waals surface area contributed by atoms with E-state index in [0.29, 0.717) is 11.9 Å². The van der Waals surface area contributed by atoms with Crippen molar-refractivity contribution in [3.05, 3.63) is 48.5 Å². The van der Waals surface area contributed by atoms with E-state index < -0.39 is 0 Å². The molecule has 0 saturated carbocycles. The summed E-state index contributed by atoms with van der Waals surface area (Å²) in [6.45, 7) is 0. The Labute approximate surface area is 139 Å². The molecule has 0 atom stereocenters. The van der Waals surface area contributed by atoms with Gasteiger partial charge in [0.1, 0.15) is 23.4 Å². The van der Waals surface area contributed by atoms with Crippen LogP contribution in [0, 0.1) is 0 Å². The fourth-order valence-electron chi connectivity index (χ4n) is 2.60. The average molecular weight is 330 g/mol. The third-order valence-electron chi connectivity index (χ3n) is 3.47. The van der Waals surface area contributed by atoms with Crippen molar-refractivity contribution in [2.45, 2.75) is 0 Å². The van der Waals surface area contributed by atoms with Gasteiger partial charge in [0.2, 0.25) is 0 Å². The molecule has 0 bridgehead atoms. The highest BCUT2D eigenvalue weighted by atomic mass is 32.2. The lowest BCUT2D eigenvalue weighted by atomic mass is 10.0. The molecule has 0 spiro atoms. The molecule has 0 amide bonds. The number of benzene rings is 3. The summed E-state index contributed by atoms with van der Waals surface area (Å²) in [4.78, 5) is 0. The molecule has 0 N–H and O–H groups in total. The van der Waals surface area contributed by atoms with Gasteiger partial charge in [-0.2, -0.15) is 0 Å². The molecule has 0 aliphatic carbocycles. The summed E-state index contributed by atoms with van der Waals surface area (Å²) in [6, 6.07) is 16.6. The number of hydrogen-bond donors (Lipinski definition) is 0. The van der Waals surface area contributed by atoms with Gasteiger partial charge in [-0.15, -0.1) is 23.5 Å². The predicted octanol–water partition coefficient (Wildman–Crippen LogP) is 5.39. The Hall–Kier alpha value is -1.52. The maximum absolute atomic E-state index is 6.04. The van der Waals surface area contributed by atoms with Crippen LogP contribution in [0.5, 0.6) is 11.5 Å². The summed E-state index contributed by atoms with van der Waals surface area (Å²) in [6.07, 6.45) is 4.08. The van der Waals surface area contributed by atoms with Crippen LogP contribution in [0.25, 0.3) is 21.5 Å². The van der Waals surface area contributed by atoms with Gasteiger partial charge in [-0.25, -0.2) is 0 Å². The monoisotopic (exact) mass is 330 g/mol. The molecule has 0 aliphatic rings. The van der Waals surface area contributed by atoms with Gasteiger partial charge in [0.15, 0.2) is 0 Å². The molecule has 22 heavy (non-hydrogen) atoms. The van der Waals surface area contributed by atoms with Crippen molar-refractivity contribution in [2.75, 3.05) is 24.4 Å². The molecular formula is C18H18O2S2. The minimum absolute atomic E-state index is 0.638. The zero-order valence-corrected chi connectivity index (χ0v) is 14.3. The molecule has 0 fully saturated rings. The molecule has 114 valence electrons. The Morgan fingerprint density at radius 3 is 1.23 bits per heavy atom. The Kier molecular flexibility index (Phi) is 5.01. The SMILES string of the molecule is CSCOc1c2ccccc2c(OCSC)c2ccccc12. The zero-order chi connectivity index (χ0) is 15.4. The van der Waals surface area contributed by atoms with E-state index in [-0.39, 0.29) is 0 Å². The van der Waals surface area contributed by atoms with Crippen LogP contribution in [0.1, 0.15) is 0 Å². The van der Waals surface area contributed by atoms with E-state index in [2.05, 4.69) is 24.3 Å². The number of thioether (sulfide) groups is 2. The molecule has 0 heterocycles. The van der Waals surface area contributed by atoms with Gasteiger partial charge in [0, 0.05) is 21.5 Å². The summed E-state index contributed by atoms with van der Waals surface area (Å²) in [5.74, 6) is 3.16. The number of ether oxygens (including phenoxy) is 2. The molecule has 3 aromatic carbocycles. The van der Waals surface area contributed by atoms with Gasteiger partial charge >= 0.3 is 0 Å². The lowest BCUT2D eigenvalue weighted by molar-refractivity contribution is 0.396. The molecule has 4 heteroatoms. The van der Waals surface area contributed by atoms with E-state index in [1.807, 2.05) is 36.8 Å². The van der Waals surface area contributed by atoms with Gasteiger partial charge in [0.05, 0.1) is 0 Å². The standard InChI is InChI=1S/C18H18O2S2/c1-21-11-19-17-13-7-3-5-9-15(13)18(20-12-22-2)16-10-6-4-8-14(16)17/h3-10H,11-12H2,1-2H3. The summed E-state index contributed by atoms with van der Waals surface area (Å²) in [7, 11) is 0. The number of rotatable bonds is 6. The molecule has 0 radical (unpaired) electrons. The number of fused-ring (bicyclic) bond motifs is 2. The van der Waals surface area contributed by atoms with E-state index in [4.69, 9.17) is 9.47 Å². The van der Waals surface area contributed by atoms with Crippen LogP contribution in [-0.2, 0) is 0 Å². The lowest BCUT2D eigenvalue weighted by Gasteiger charge is -2.17. The highest BCUT2D eigenvalue weighted by Crippen LogP contribution is 2.42. The molecule has 0 unspecified atom stereocenters. The van der Waals surface area contributed by atoms with E-state index in [9.17, 15) is 0 Å². The van der Waals surface area contributed by atoms with Crippen molar-refractivity contribution >= 4 is 45.1 Å².